The molecule has 2 aliphatic rings. The summed E-state index contributed by atoms with van der Waals surface area (Å²) in [7, 11) is 0. The molecule has 1 spiro atoms. The van der Waals surface area contributed by atoms with E-state index in [1.54, 1.807) is 18.2 Å². The Hall–Kier alpha value is -1.51. The predicted octanol–water partition coefficient (Wildman–Crippen LogP) is 3.31. The van der Waals surface area contributed by atoms with Crippen molar-refractivity contribution in [3.8, 4) is 11.5 Å². The van der Waals surface area contributed by atoms with Gasteiger partial charge in [0.1, 0.15) is 17.1 Å². The molecule has 3 nitrogen and oxygen atoms in total. The maximum atomic E-state index is 12.2. The summed E-state index contributed by atoms with van der Waals surface area (Å²) < 4.78 is 6.08. The molecule has 0 saturated heterocycles. The summed E-state index contributed by atoms with van der Waals surface area (Å²) in [6.45, 7) is 2.25. The fourth-order valence-electron chi connectivity index (χ4n) is 3.05. The van der Waals surface area contributed by atoms with E-state index in [0.717, 1.165) is 31.6 Å². The molecule has 18 heavy (non-hydrogen) atoms. The van der Waals surface area contributed by atoms with E-state index in [1.807, 2.05) is 0 Å². The molecule has 1 heterocycles. The first-order chi connectivity index (χ1) is 8.58. The molecule has 0 aromatic heterocycles. The van der Waals surface area contributed by atoms with Crippen molar-refractivity contribution in [3.05, 3.63) is 23.8 Å². The molecule has 0 unspecified atom stereocenters. The summed E-state index contributed by atoms with van der Waals surface area (Å²) >= 11 is 0. The lowest BCUT2D eigenvalue weighted by molar-refractivity contribution is 0.00390. The first-order valence-electron chi connectivity index (χ1n) is 6.63. The molecule has 3 rings (SSSR count). The van der Waals surface area contributed by atoms with Crippen LogP contribution in [0, 0.1) is 5.92 Å². The van der Waals surface area contributed by atoms with Gasteiger partial charge in [0.25, 0.3) is 0 Å². The highest BCUT2D eigenvalue weighted by Gasteiger charge is 2.42. The van der Waals surface area contributed by atoms with Gasteiger partial charge in [-0.05, 0) is 43.7 Å². The fourth-order valence-corrected chi connectivity index (χ4v) is 3.05. The summed E-state index contributed by atoms with van der Waals surface area (Å²) in [4.78, 5) is 12.2. The number of rotatable bonds is 0. The molecule has 0 atom stereocenters. The maximum Gasteiger partial charge on any atom is 0.170 e. The van der Waals surface area contributed by atoms with E-state index in [4.69, 9.17) is 4.74 Å². The Labute approximate surface area is 107 Å². The Bertz CT molecular complexity index is 485. The van der Waals surface area contributed by atoms with Gasteiger partial charge in [0.05, 0.1) is 12.0 Å². The number of benzene rings is 1. The van der Waals surface area contributed by atoms with Gasteiger partial charge in [-0.2, -0.15) is 0 Å². The molecule has 1 fully saturated rings. The molecular formula is C15H18O3. The van der Waals surface area contributed by atoms with Gasteiger partial charge in [-0.3, -0.25) is 4.79 Å². The number of ketones is 1. The van der Waals surface area contributed by atoms with Crippen LogP contribution in [0.4, 0.5) is 0 Å². The zero-order valence-corrected chi connectivity index (χ0v) is 10.6. The molecule has 1 N–H and O–H groups in total. The Morgan fingerprint density at radius 2 is 2.06 bits per heavy atom. The lowest BCUT2D eigenvalue weighted by Crippen LogP contribution is -2.44. The van der Waals surface area contributed by atoms with Gasteiger partial charge in [0.15, 0.2) is 5.78 Å². The van der Waals surface area contributed by atoms with Crippen LogP contribution in [0.1, 0.15) is 49.4 Å². The lowest BCUT2D eigenvalue weighted by atomic mass is 9.75. The van der Waals surface area contributed by atoms with E-state index >= 15 is 0 Å². The van der Waals surface area contributed by atoms with Crippen molar-refractivity contribution in [2.24, 2.45) is 5.92 Å². The minimum atomic E-state index is -0.315. The third-order valence-corrected chi connectivity index (χ3v) is 4.26. The number of hydrogen-bond donors (Lipinski definition) is 1. The summed E-state index contributed by atoms with van der Waals surface area (Å²) in [5, 5.41) is 9.51. The fraction of sp³-hybridized carbons (Fsp3) is 0.533. The van der Waals surface area contributed by atoms with Crippen molar-refractivity contribution < 1.29 is 14.6 Å². The zero-order chi connectivity index (χ0) is 12.8. The van der Waals surface area contributed by atoms with E-state index in [2.05, 4.69) is 6.92 Å². The third kappa shape index (κ3) is 1.88. The molecule has 3 heteroatoms. The number of carbonyl (C=O) groups is 1. The summed E-state index contributed by atoms with van der Waals surface area (Å²) in [6.07, 6.45) is 4.59. The minimum absolute atomic E-state index is 0.144. The smallest absolute Gasteiger partial charge is 0.170 e. The second kappa shape index (κ2) is 4.01. The minimum Gasteiger partial charge on any atom is -0.508 e. The first-order valence-corrected chi connectivity index (χ1v) is 6.63. The molecule has 1 aromatic carbocycles. The second-order valence-electron chi connectivity index (χ2n) is 5.75. The third-order valence-electron chi connectivity index (χ3n) is 4.26. The average molecular weight is 246 g/mol. The van der Waals surface area contributed by atoms with E-state index in [0.29, 0.717) is 17.7 Å². The van der Waals surface area contributed by atoms with Crippen molar-refractivity contribution >= 4 is 5.78 Å². The number of ether oxygens (including phenoxy) is 1. The average Bonchev–Trinajstić information content (AvgIpc) is 2.33. The number of carbonyl (C=O) groups excluding carboxylic acids is 1. The molecule has 0 radical (unpaired) electrons. The molecule has 1 aromatic rings. The normalized spacial score (nSPS) is 30.9. The monoisotopic (exact) mass is 246 g/mol. The van der Waals surface area contributed by atoms with Gasteiger partial charge in [-0.1, -0.05) is 6.92 Å². The Morgan fingerprint density at radius 1 is 1.33 bits per heavy atom. The quantitative estimate of drug-likeness (QED) is 0.764. The molecule has 1 aliphatic heterocycles. The molecule has 0 bridgehead atoms. The van der Waals surface area contributed by atoms with Crippen LogP contribution in [0.15, 0.2) is 18.2 Å². The number of fused-ring (bicyclic) bond motifs is 1. The van der Waals surface area contributed by atoms with Crippen molar-refractivity contribution in [1.29, 1.82) is 0 Å². The summed E-state index contributed by atoms with van der Waals surface area (Å²) in [6, 6.07) is 4.76. The second-order valence-corrected chi connectivity index (χ2v) is 5.75. The highest BCUT2D eigenvalue weighted by molar-refractivity contribution is 6.00. The van der Waals surface area contributed by atoms with Crippen LogP contribution < -0.4 is 4.74 Å². The van der Waals surface area contributed by atoms with Gasteiger partial charge in [-0.15, -0.1) is 0 Å². The van der Waals surface area contributed by atoms with Gasteiger partial charge in [-0.25, -0.2) is 0 Å². The lowest BCUT2D eigenvalue weighted by Gasteiger charge is -2.42. The van der Waals surface area contributed by atoms with Crippen LogP contribution >= 0.6 is 0 Å². The standard InChI is InChI=1S/C15H18O3/c1-10-4-6-15(7-5-10)9-13(17)12-3-2-11(16)8-14(12)18-15/h2-3,8,10,16H,4-7,9H2,1H3. The van der Waals surface area contributed by atoms with Crippen molar-refractivity contribution in [2.75, 3.05) is 0 Å². The number of aromatic hydroxyl groups is 1. The summed E-state index contributed by atoms with van der Waals surface area (Å²) in [5.74, 6) is 1.58. The van der Waals surface area contributed by atoms with Crippen molar-refractivity contribution in [1.82, 2.24) is 0 Å². The Kier molecular flexibility index (Phi) is 2.58. The number of Topliss-reactive ketones (excluding diaryl/α,β-unsaturated/α-hetero) is 1. The molecule has 1 aliphatic carbocycles. The first kappa shape index (κ1) is 11.6. The van der Waals surface area contributed by atoms with Crippen LogP contribution in [-0.4, -0.2) is 16.5 Å². The maximum absolute atomic E-state index is 12.2. The molecule has 0 amide bonds. The van der Waals surface area contributed by atoms with E-state index in [9.17, 15) is 9.90 Å². The van der Waals surface area contributed by atoms with Crippen LogP contribution in [0.3, 0.4) is 0 Å². The van der Waals surface area contributed by atoms with Crippen LogP contribution in [0.2, 0.25) is 0 Å². The predicted molar refractivity (Wildman–Crippen MR) is 68.0 cm³/mol. The van der Waals surface area contributed by atoms with Gasteiger partial charge in [0, 0.05) is 6.07 Å². The van der Waals surface area contributed by atoms with Crippen molar-refractivity contribution in [3.63, 3.8) is 0 Å². The SMILES string of the molecule is CC1CCC2(CC1)CC(=O)c1ccc(O)cc1O2. The van der Waals surface area contributed by atoms with Crippen LogP contribution in [-0.2, 0) is 0 Å². The van der Waals surface area contributed by atoms with E-state index in [-0.39, 0.29) is 17.1 Å². The van der Waals surface area contributed by atoms with Crippen LogP contribution in [0.5, 0.6) is 11.5 Å². The molecular weight excluding hydrogens is 228 g/mol. The van der Waals surface area contributed by atoms with Crippen molar-refractivity contribution in [2.45, 2.75) is 44.6 Å². The Morgan fingerprint density at radius 3 is 2.78 bits per heavy atom. The highest BCUT2D eigenvalue weighted by Crippen LogP contribution is 2.43. The molecule has 1 saturated carbocycles. The number of phenols is 1. The largest absolute Gasteiger partial charge is 0.508 e. The van der Waals surface area contributed by atoms with Crippen LogP contribution in [0.25, 0.3) is 0 Å². The van der Waals surface area contributed by atoms with E-state index in [1.165, 1.54) is 0 Å². The molecule has 96 valence electrons. The van der Waals surface area contributed by atoms with E-state index < -0.39 is 0 Å². The van der Waals surface area contributed by atoms with Gasteiger partial charge in [0.2, 0.25) is 0 Å². The highest BCUT2D eigenvalue weighted by atomic mass is 16.5. The number of phenolic OH excluding ortho intramolecular Hbond substituents is 1. The topological polar surface area (TPSA) is 46.5 Å². The number of hydrogen-bond acceptors (Lipinski definition) is 3. The van der Waals surface area contributed by atoms with Gasteiger partial charge >= 0.3 is 0 Å². The summed E-state index contributed by atoms with van der Waals surface area (Å²) in [5.41, 5.74) is 0.293. The Balaban J connectivity index is 1.93. The zero-order valence-electron chi connectivity index (χ0n) is 10.6. The van der Waals surface area contributed by atoms with Gasteiger partial charge < -0.3 is 9.84 Å².